The second kappa shape index (κ2) is 13.5. The van der Waals surface area contributed by atoms with Crippen LogP contribution in [0.4, 0.5) is 10.1 Å². The Hall–Kier alpha value is -3.78. The number of aromatic nitrogens is 1. The lowest BCUT2D eigenvalue weighted by molar-refractivity contribution is 0.0583. The summed E-state index contributed by atoms with van der Waals surface area (Å²) in [5.74, 6) is -0.678. The lowest BCUT2D eigenvalue weighted by Gasteiger charge is -2.20. The van der Waals surface area contributed by atoms with Gasteiger partial charge in [0.2, 0.25) is 0 Å². The molecule has 0 bridgehead atoms. The number of carbonyl (C=O) groups is 1. The summed E-state index contributed by atoms with van der Waals surface area (Å²) in [7, 11) is 0. The lowest BCUT2D eigenvalue weighted by atomic mass is 9.94. The number of carbonyl (C=O) groups excluding carboxylic acids is 1. The van der Waals surface area contributed by atoms with Gasteiger partial charge < -0.3 is 25.2 Å². The van der Waals surface area contributed by atoms with Gasteiger partial charge in [0.15, 0.2) is 0 Å². The van der Waals surface area contributed by atoms with Crippen LogP contribution in [0.25, 0.3) is 22.4 Å². The third-order valence-electron chi connectivity index (χ3n) is 6.98. The van der Waals surface area contributed by atoms with Crippen LogP contribution in [0.3, 0.4) is 0 Å². The lowest BCUT2D eigenvalue weighted by Crippen LogP contribution is -2.21. The quantitative estimate of drug-likeness (QED) is 0.170. The highest BCUT2D eigenvalue weighted by atomic mass is 19.1. The molecule has 210 valence electrons. The first-order valence-electron chi connectivity index (χ1n) is 13.7. The number of nitrogens with zero attached hydrogens (tertiary/aromatic N) is 1. The third-order valence-corrected chi connectivity index (χ3v) is 6.98. The van der Waals surface area contributed by atoms with E-state index < -0.39 is 12.2 Å². The molecule has 0 aliphatic heterocycles. The number of aliphatic hydroxyl groups is 3. The SMILES string of the molecule is CC(C)c1c(C(=O)Nc2ccccc2)c(-c2ccccc2)c(-c2ccc(F)cc2)n1CCC(O)CC(O)CCO. The van der Waals surface area contributed by atoms with Gasteiger partial charge in [-0.1, -0.05) is 62.4 Å². The smallest absolute Gasteiger partial charge is 0.258 e. The van der Waals surface area contributed by atoms with Gasteiger partial charge in [0.25, 0.3) is 5.91 Å². The van der Waals surface area contributed by atoms with Crippen LogP contribution in [0.5, 0.6) is 0 Å². The highest BCUT2D eigenvalue weighted by Gasteiger charge is 2.30. The van der Waals surface area contributed by atoms with Crippen LogP contribution in [0.15, 0.2) is 84.9 Å². The molecular weight excluding hydrogens is 507 g/mol. The van der Waals surface area contributed by atoms with Crippen molar-refractivity contribution in [2.45, 2.75) is 57.8 Å². The van der Waals surface area contributed by atoms with E-state index in [0.29, 0.717) is 24.2 Å². The van der Waals surface area contributed by atoms with E-state index in [9.17, 15) is 19.4 Å². The average Bonchev–Trinajstić information content (AvgIpc) is 3.29. The van der Waals surface area contributed by atoms with Crippen LogP contribution in [-0.2, 0) is 6.54 Å². The Bertz CT molecular complexity index is 1390. The van der Waals surface area contributed by atoms with Gasteiger partial charge in [-0.3, -0.25) is 4.79 Å². The molecule has 0 spiro atoms. The fraction of sp³-hybridized carbons (Fsp3) is 0.303. The first-order valence-corrected chi connectivity index (χ1v) is 13.7. The van der Waals surface area contributed by atoms with Crippen molar-refractivity contribution in [3.8, 4) is 22.4 Å². The normalized spacial score (nSPS) is 12.9. The minimum atomic E-state index is -0.813. The number of anilines is 1. The van der Waals surface area contributed by atoms with Crippen molar-refractivity contribution in [2.24, 2.45) is 0 Å². The van der Waals surface area contributed by atoms with E-state index in [0.717, 1.165) is 28.1 Å². The summed E-state index contributed by atoms with van der Waals surface area (Å²) in [6, 6.07) is 25.2. The Balaban J connectivity index is 1.91. The van der Waals surface area contributed by atoms with E-state index in [2.05, 4.69) is 9.88 Å². The molecule has 0 radical (unpaired) electrons. The monoisotopic (exact) mass is 544 g/mol. The van der Waals surface area contributed by atoms with E-state index >= 15 is 0 Å². The predicted octanol–water partition coefficient (Wildman–Crippen LogP) is 6.22. The number of amides is 1. The molecule has 0 saturated heterocycles. The van der Waals surface area contributed by atoms with Gasteiger partial charge in [-0.15, -0.1) is 0 Å². The maximum Gasteiger partial charge on any atom is 0.258 e. The fourth-order valence-electron chi connectivity index (χ4n) is 5.19. The molecule has 1 amide bonds. The van der Waals surface area contributed by atoms with Gasteiger partial charge >= 0.3 is 0 Å². The fourth-order valence-corrected chi connectivity index (χ4v) is 5.19. The highest BCUT2D eigenvalue weighted by Crippen LogP contribution is 2.42. The predicted molar refractivity (Wildman–Crippen MR) is 157 cm³/mol. The second-order valence-electron chi connectivity index (χ2n) is 10.3. The van der Waals surface area contributed by atoms with Gasteiger partial charge in [-0.2, -0.15) is 0 Å². The number of aliphatic hydroxyl groups excluding tert-OH is 3. The molecule has 7 heteroatoms. The summed E-state index contributed by atoms with van der Waals surface area (Å²) < 4.78 is 16.1. The van der Waals surface area contributed by atoms with Gasteiger partial charge in [0.1, 0.15) is 5.82 Å². The standard InChI is InChI=1S/C33H37FN2O4/c1-22(2)31-30(33(40)35-26-11-7-4-8-12-26)29(23-9-5-3-6-10-23)32(24-13-15-25(34)16-14-24)36(31)19-17-27(38)21-28(39)18-20-37/h3-16,22,27-28,37-39H,17-21H2,1-2H3,(H,35,40). The molecule has 0 fully saturated rings. The first kappa shape index (κ1) is 29.2. The topological polar surface area (TPSA) is 94.7 Å². The molecule has 0 aliphatic carbocycles. The highest BCUT2D eigenvalue weighted by molar-refractivity contribution is 6.12. The Labute approximate surface area is 234 Å². The number of halogens is 1. The first-order chi connectivity index (χ1) is 19.3. The minimum Gasteiger partial charge on any atom is -0.396 e. The number of hydrogen-bond acceptors (Lipinski definition) is 4. The van der Waals surface area contributed by atoms with Crippen molar-refractivity contribution in [2.75, 3.05) is 11.9 Å². The van der Waals surface area contributed by atoms with E-state index in [4.69, 9.17) is 5.11 Å². The molecule has 1 aromatic heterocycles. The molecule has 2 unspecified atom stereocenters. The minimum absolute atomic E-state index is 0.0645. The summed E-state index contributed by atoms with van der Waals surface area (Å²) >= 11 is 0. The molecular formula is C33H37FN2O4. The molecule has 0 saturated carbocycles. The average molecular weight is 545 g/mol. The van der Waals surface area contributed by atoms with Crippen molar-refractivity contribution < 1.29 is 24.5 Å². The third kappa shape index (κ3) is 6.86. The molecule has 1 heterocycles. The zero-order valence-corrected chi connectivity index (χ0v) is 22.9. The van der Waals surface area contributed by atoms with Gasteiger partial charge in [0, 0.05) is 30.1 Å². The summed E-state index contributed by atoms with van der Waals surface area (Å²) in [6.07, 6.45) is -0.971. The second-order valence-corrected chi connectivity index (χ2v) is 10.3. The van der Waals surface area contributed by atoms with Crippen LogP contribution >= 0.6 is 0 Å². The summed E-state index contributed by atoms with van der Waals surface area (Å²) in [5, 5.41) is 33.0. The number of nitrogens with one attached hydrogen (secondary N) is 1. The molecule has 0 aliphatic rings. The molecule has 6 nitrogen and oxygen atoms in total. The zero-order valence-electron chi connectivity index (χ0n) is 22.9. The largest absolute Gasteiger partial charge is 0.396 e. The maximum atomic E-state index is 14.0. The summed E-state index contributed by atoms with van der Waals surface area (Å²) in [6.45, 7) is 4.26. The summed E-state index contributed by atoms with van der Waals surface area (Å²) in [4.78, 5) is 14.0. The Morgan fingerprint density at radius 2 is 1.45 bits per heavy atom. The number of hydrogen-bond donors (Lipinski definition) is 4. The zero-order chi connectivity index (χ0) is 28.6. The van der Waals surface area contributed by atoms with E-state index in [1.165, 1.54) is 12.1 Å². The van der Waals surface area contributed by atoms with Crippen LogP contribution in [-0.4, -0.2) is 44.6 Å². The Kier molecular flexibility index (Phi) is 9.88. The van der Waals surface area contributed by atoms with Crippen LogP contribution in [0.1, 0.15) is 55.1 Å². The molecule has 4 N–H and O–H groups in total. The van der Waals surface area contributed by atoms with Crippen LogP contribution < -0.4 is 5.32 Å². The maximum absolute atomic E-state index is 14.0. The van der Waals surface area contributed by atoms with Crippen LogP contribution in [0.2, 0.25) is 0 Å². The van der Waals surface area contributed by atoms with Crippen molar-refractivity contribution in [1.82, 2.24) is 4.57 Å². The number of para-hydroxylation sites is 1. The van der Waals surface area contributed by atoms with Crippen molar-refractivity contribution in [3.05, 3.63) is 102 Å². The van der Waals surface area contributed by atoms with Crippen molar-refractivity contribution in [3.63, 3.8) is 0 Å². The molecule has 4 aromatic rings. The number of benzene rings is 3. The Morgan fingerprint density at radius 3 is 2.05 bits per heavy atom. The van der Waals surface area contributed by atoms with Crippen LogP contribution in [0, 0.1) is 5.82 Å². The van der Waals surface area contributed by atoms with Crippen molar-refractivity contribution >= 4 is 11.6 Å². The van der Waals surface area contributed by atoms with E-state index in [1.807, 2.05) is 74.5 Å². The molecule has 2 atom stereocenters. The van der Waals surface area contributed by atoms with Gasteiger partial charge in [-0.05, 0) is 72.7 Å². The van der Waals surface area contributed by atoms with Gasteiger partial charge in [0.05, 0.1) is 23.5 Å². The van der Waals surface area contributed by atoms with Gasteiger partial charge in [-0.25, -0.2) is 4.39 Å². The van der Waals surface area contributed by atoms with Crippen molar-refractivity contribution in [1.29, 1.82) is 0 Å². The Morgan fingerprint density at radius 1 is 0.850 bits per heavy atom. The molecule has 4 rings (SSSR count). The molecule has 40 heavy (non-hydrogen) atoms. The van der Waals surface area contributed by atoms with E-state index in [1.54, 1.807) is 12.1 Å². The van der Waals surface area contributed by atoms with E-state index in [-0.39, 0.29) is 37.1 Å². The summed E-state index contributed by atoms with van der Waals surface area (Å²) in [5.41, 5.74) is 5.09. The number of rotatable bonds is 12. The molecule has 3 aromatic carbocycles.